The van der Waals surface area contributed by atoms with E-state index < -0.39 is 21.7 Å². The van der Waals surface area contributed by atoms with Crippen LogP contribution >= 0.6 is 23.2 Å². The van der Waals surface area contributed by atoms with Gasteiger partial charge in [0, 0.05) is 23.4 Å². The summed E-state index contributed by atoms with van der Waals surface area (Å²) in [5.74, 6) is -1.20. The van der Waals surface area contributed by atoms with Crippen molar-refractivity contribution in [1.29, 1.82) is 0 Å². The molecule has 0 heterocycles. The van der Waals surface area contributed by atoms with Crippen molar-refractivity contribution in [3.63, 3.8) is 0 Å². The molecule has 1 aliphatic carbocycles. The Kier molecular flexibility index (Phi) is 4.73. The SMILES string of the molecule is NC(=O)CC1C(Cl)=CC=CC1(Cl)Nc1ccccc1[N+](=O)[O-]. The Labute approximate surface area is 136 Å². The third-order valence-electron chi connectivity index (χ3n) is 3.27. The standard InChI is InChI=1S/C14H13Cl2N3O3/c15-10-4-3-7-14(16,9(10)8-13(17)20)18-11-5-1-2-6-12(11)19(21)22/h1-7,9,18H,8H2,(H2,17,20). The number of allylic oxidation sites excluding steroid dienone is 2. The summed E-state index contributed by atoms with van der Waals surface area (Å²) >= 11 is 12.7. The minimum Gasteiger partial charge on any atom is -0.370 e. The monoisotopic (exact) mass is 341 g/mol. The van der Waals surface area contributed by atoms with E-state index >= 15 is 0 Å². The molecule has 1 aromatic rings. The van der Waals surface area contributed by atoms with Crippen LogP contribution in [0.2, 0.25) is 0 Å². The van der Waals surface area contributed by atoms with Gasteiger partial charge in [0.2, 0.25) is 5.91 Å². The quantitative estimate of drug-likeness (QED) is 0.372. The first-order chi connectivity index (χ1) is 10.3. The Morgan fingerprint density at radius 2 is 2.14 bits per heavy atom. The van der Waals surface area contributed by atoms with Crippen LogP contribution in [0.5, 0.6) is 0 Å². The van der Waals surface area contributed by atoms with E-state index in [-0.39, 0.29) is 17.8 Å². The molecule has 22 heavy (non-hydrogen) atoms. The summed E-state index contributed by atoms with van der Waals surface area (Å²) in [6.07, 6.45) is 4.73. The third-order valence-corrected chi connectivity index (χ3v) is 4.14. The van der Waals surface area contributed by atoms with Crippen molar-refractivity contribution in [2.75, 3.05) is 5.32 Å². The van der Waals surface area contributed by atoms with Crippen LogP contribution in [0.25, 0.3) is 0 Å². The van der Waals surface area contributed by atoms with E-state index in [2.05, 4.69) is 5.32 Å². The van der Waals surface area contributed by atoms with Gasteiger partial charge in [-0.25, -0.2) is 0 Å². The molecular weight excluding hydrogens is 329 g/mol. The van der Waals surface area contributed by atoms with E-state index in [0.717, 1.165) is 0 Å². The van der Waals surface area contributed by atoms with Crippen molar-refractivity contribution in [3.05, 3.63) is 57.6 Å². The molecule has 1 aliphatic rings. The zero-order valence-corrected chi connectivity index (χ0v) is 12.8. The Morgan fingerprint density at radius 3 is 2.77 bits per heavy atom. The average molecular weight is 342 g/mol. The molecule has 0 saturated heterocycles. The fourth-order valence-electron chi connectivity index (χ4n) is 2.23. The Bertz CT molecular complexity index is 675. The molecule has 3 N–H and O–H groups in total. The maximum Gasteiger partial charge on any atom is 0.292 e. The number of hydrogen-bond acceptors (Lipinski definition) is 4. The van der Waals surface area contributed by atoms with E-state index in [9.17, 15) is 14.9 Å². The Hall–Kier alpha value is -2.05. The zero-order valence-electron chi connectivity index (χ0n) is 11.3. The molecule has 0 spiro atoms. The van der Waals surface area contributed by atoms with Gasteiger partial charge in [0.05, 0.1) is 4.92 Å². The van der Waals surface area contributed by atoms with Gasteiger partial charge in [0.15, 0.2) is 0 Å². The van der Waals surface area contributed by atoms with Crippen molar-refractivity contribution in [3.8, 4) is 0 Å². The number of halogens is 2. The van der Waals surface area contributed by atoms with E-state index in [1.807, 2.05) is 0 Å². The van der Waals surface area contributed by atoms with E-state index in [1.54, 1.807) is 30.4 Å². The highest BCUT2D eigenvalue weighted by Crippen LogP contribution is 2.41. The van der Waals surface area contributed by atoms with Crippen LogP contribution in [0.3, 0.4) is 0 Å². The second-order valence-corrected chi connectivity index (χ2v) is 5.86. The van der Waals surface area contributed by atoms with Crippen molar-refractivity contribution >= 4 is 40.5 Å². The zero-order chi connectivity index (χ0) is 16.3. The number of amides is 1. The molecule has 1 aromatic carbocycles. The Balaban J connectivity index is 2.37. The number of rotatable bonds is 5. The summed E-state index contributed by atoms with van der Waals surface area (Å²) in [6, 6.07) is 6.08. The van der Waals surface area contributed by atoms with Gasteiger partial charge < -0.3 is 11.1 Å². The average Bonchev–Trinajstić information content (AvgIpc) is 2.43. The number of nitro benzene ring substituents is 1. The third kappa shape index (κ3) is 3.40. The molecule has 0 radical (unpaired) electrons. The lowest BCUT2D eigenvalue weighted by Gasteiger charge is -2.35. The molecule has 8 heteroatoms. The molecule has 0 saturated carbocycles. The van der Waals surface area contributed by atoms with Crippen LogP contribution in [-0.2, 0) is 4.79 Å². The van der Waals surface area contributed by atoms with Crippen LogP contribution in [0.1, 0.15) is 6.42 Å². The van der Waals surface area contributed by atoms with Crippen LogP contribution in [0.4, 0.5) is 11.4 Å². The van der Waals surface area contributed by atoms with E-state index in [1.165, 1.54) is 12.1 Å². The van der Waals surface area contributed by atoms with Gasteiger partial charge in [0.25, 0.3) is 5.69 Å². The fourth-order valence-corrected chi connectivity index (χ4v) is 2.98. The molecule has 0 aromatic heterocycles. The van der Waals surface area contributed by atoms with Crippen LogP contribution < -0.4 is 11.1 Å². The molecule has 116 valence electrons. The summed E-state index contributed by atoms with van der Waals surface area (Å²) < 4.78 is 0. The maximum absolute atomic E-state index is 11.2. The highest BCUT2D eigenvalue weighted by Gasteiger charge is 2.40. The first-order valence-electron chi connectivity index (χ1n) is 6.37. The highest BCUT2D eigenvalue weighted by molar-refractivity contribution is 6.33. The second-order valence-electron chi connectivity index (χ2n) is 4.80. The van der Waals surface area contributed by atoms with Gasteiger partial charge in [-0.15, -0.1) is 0 Å². The van der Waals surface area contributed by atoms with Crippen molar-refractivity contribution < 1.29 is 9.72 Å². The minimum absolute atomic E-state index is 0.0865. The van der Waals surface area contributed by atoms with Gasteiger partial charge in [-0.05, 0) is 18.2 Å². The van der Waals surface area contributed by atoms with Gasteiger partial charge in [-0.1, -0.05) is 41.4 Å². The lowest BCUT2D eigenvalue weighted by molar-refractivity contribution is -0.384. The fraction of sp³-hybridized carbons (Fsp3) is 0.214. The van der Waals surface area contributed by atoms with Gasteiger partial charge >= 0.3 is 0 Å². The molecule has 2 atom stereocenters. The number of nitrogens with zero attached hydrogens (tertiary/aromatic N) is 1. The lowest BCUT2D eigenvalue weighted by Crippen LogP contribution is -2.42. The number of primary amides is 1. The summed E-state index contributed by atoms with van der Waals surface area (Å²) in [4.78, 5) is 20.5. The molecule has 0 aliphatic heterocycles. The van der Waals surface area contributed by atoms with Crippen molar-refractivity contribution in [1.82, 2.24) is 0 Å². The van der Waals surface area contributed by atoms with Crippen molar-refractivity contribution in [2.45, 2.75) is 11.4 Å². The summed E-state index contributed by atoms with van der Waals surface area (Å²) in [5, 5.41) is 14.3. The second kappa shape index (κ2) is 6.37. The smallest absolute Gasteiger partial charge is 0.292 e. The number of nitrogens with one attached hydrogen (secondary N) is 1. The highest BCUT2D eigenvalue weighted by atomic mass is 35.5. The maximum atomic E-state index is 11.2. The lowest BCUT2D eigenvalue weighted by atomic mass is 9.90. The summed E-state index contributed by atoms with van der Waals surface area (Å²) in [6.45, 7) is 0. The topological polar surface area (TPSA) is 98.3 Å². The first kappa shape index (κ1) is 16.3. The van der Waals surface area contributed by atoms with E-state index in [0.29, 0.717) is 5.03 Å². The number of para-hydroxylation sites is 2. The van der Waals surface area contributed by atoms with Gasteiger partial charge in [-0.3, -0.25) is 14.9 Å². The number of nitro groups is 1. The van der Waals surface area contributed by atoms with Crippen LogP contribution in [0, 0.1) is 16.0 Å². The molecule has 6 nitrogen and oxygen atoms in total. The summed E-state index contributed by atoms with van der Waals surface area (Å²) in [7, 11) is 0. The first-order valence-corrected chi connectivity index (χ1v) is 7.13. The summed E-state index contributed by atoms with van der Waals surface area (Å²) in [5.41, 5.74) is 5.34. The number of hydrogen-bond donors (Lipinski definition) is 2. The number of carbonyl (C=O) groups is 1. The predicted octanol–water partition coefficient (Wildman–Crippen LogP) is 3.13. The molecule has 2 rings (SSSR count). The van der Waals surface area contributed by atoms with E-state index in [4.69, 9.17) is 28.9 Å². The van der Waals surface area contributed by atoms with Crippen molar-refractivity contribution in [2.24, 2.45) is 11.7 Å². The number of carbonyl (C=O) groups excluding carboxylic acids is 1. The number of nitrogens with two attached hydrogens (primary N) is 1. The van der Waals surface area contributed by atoms with Gasteiger partial charge in [0.1, 0.15) is 10.7 Å². The predicted molar refractivity (Wildman–Crippen MR) is 85.7 cm³/mol. The minimum atomic E-state index is -1.28. The molecule has 2 unspecified atom stereocenters. The number of alkyl halides is 1. The molecular formula is C14H13Cl2N3O3. The van der Waals surface area contributed by atoms with Crippen LogP contribution in [-0.4, -0.2) is 15.8 Å². The van der Waals surface area contributed by atoms with Gasteiger partial charge in [-0.2, -0.15) is 0 Å². The van der Waals surface area contributed by atoms with Crippen LogP contribution in [0.15, 0.2) is 47.5 Å². The largest absolute Gasteiger partial charge is 0.370 e. The number of anilines is 1. The molecule has 0 bridgehead atoms. The number of benzene rings is 1. The normalized spacial score (nSPS) is 23.7. The molecule has 0 fully saturated rings. The molecule has 1 amide bonds. The Morgan fingerprint density at radius 1 is 1.45 bits per heavy atom.